The van der Waals surface area contributed by atoms with Crippen LogP contribution < -0.4 is 10.9 Å². The van der Waals surface area contributed by atoms with Gasteiger partial charge in [-0.05, 0) is 31.9 Å². The number of aryl methyl sites for hydroxylation is 1. The van der Waals surface area contributed by atoms with Gasteiger partial charge in [0.25, 0.3) is 5.56 Å². The van der Waals surface area contributed by atoms with Crippen LogP contribution in [-0.4, -0.2) is 25.6 Å². The molecule has 1 fully saturated rings. The first-order valence-corrected chi connectivity index (χ1v) is 9.20. The Kier molecular flexibility index (Phi) is 3.78. The molecule has 3 aromatic rings. The van der Waals surface area contributed by atoms with Crippen LogP contribution in [0.1, 0.15) is 24.2 Å². The zero-order chi connectivity index (χ0) is 15.8. The van der Waals surface area contributed by atoms with Gasteiger partial charge in [-0.1, -0.05) is 29.2 Å². The molecule has 0 atom stereocenters. The summed E-state index contributed by atoms with van der Waals surface area (Å²) in [5.41, 5.74) is 2.29. The van der Waals surface area contributed by atoms with E-state index in [0.717, 1.165) is 20.9 Å². The summed E-state index contributed by atoms with van der Waals surface area (Å²) in [7, 11) is 0. The second-order valence-electron chi connectivity index (χ2n) is 5.53. The lowest BCUT2D eigenvalue weighted by atomic mass is 10.3. The van der Waals surface area contributed by atoms with Gasteiger partial charge in [0, 0.05) is 23.6 Å². The highest BCUT2D eigenvalue weighted by Crippen LogP contribution is 2.31. The van der Waals surface area contributed by atoms with Crippen LogP contribution in [0.3, 0.4) is 0 Å². The van der Waals surface area contributed by atoms with Gasteiger partial charge < -0.3 is 5.32 Å². The normalized spacial score (nSPS) is 14.3. The molecule has 1 N–H and O–H groups in total. The second kappa shape index (κ2) is 5.93. The lowest BCUT2D eigenvalue weighted by Crippen LogP contribution is -2.17. The fraction of sp³-hybridized carbons (Fsp3) is 0.333. The fourth-order valence-electron chi connectivity index (χ4n) is 2.30. The highest BCUT2D eigenvalue weighted by Gasteiger charge is 2.22. The Bertz CT molecular complexity index is 916. The predicted molar refractivity (Wildman–Crippen MR) is 92.3 cm³/mol. The molecule has 0 aliphatic heterocycles. The molecule has 1 saturated carbocycles. The summed E-state index contributed by atoms with van der Waals surface area (Å²) >= 11 is 3.11. The van der Waals surface area contributed by atoms with Crippen molar-refractivity contribution in [3.63, 3.8) is 0 Å². The van der Waals surface area contributed by atoms with E-state index in [2.05, 4.69) is 20.5 Å². The van der Waals surface area contributed by atoms with Crippen LogP contribution in [0.5, 0.6) is 0 Å². The van der Waals surface area contributed by atoms with Crippen molar-refractivity contribution in [2.24, 2.45) is 0 Å². The van der Waals surface area contributed by atoms with Crippen molar-refractivity contribution < 1.29 is 0 Å². The van der Waals surface area contributed by atoms with Crippen molar-refractivity contribution in [3.8, 4) is 0 Å². The summed E-state index contributed by atoms with van der Waals surface area (Å²) in [5.74, 6) is 0.609. The van der Waals surface area contributed by atoms with Crippen LogP contribution in [0, 0.1) is 6.92 Å². The molecule has 1 aliphatic rings. The van der Waals surface area contributed by atoms with Crippen molar-refractivity contribution >= 4 is 33.9 Å². The molecule has 6 nitrogen and oxygen atoms in total. The van der Waals surface area contributed by atoms with E-state index < -0.39 is 0 Å². The van der Waals surface area contributed by atoms with Gasteiger partial charge >= 0.3 is 0 Å². The smallest absolute Gasteiger partial charge is 0.258 e. The van der Waals surface area contributed by atoms with Crippen molar-refractivity contribution in [1.29, 1.82) is 0 Å². The third-order valence-electron chi connectivity index (χ3n) is 3.59. The lowest BCUT2D eigenvalue weighted by molar-refractivity contribution is 0.966. The average molecular weight is 345 g/mol. The van der Waals surface area contributed by atoms with Gasteiger partial charge in [0.2, 0.25) is 5.13 Å². The number of anilines is 1. The number of nitrogens with one attached hydrogen (secondary N) is 1. The molecule has 0 bridgehead atoms. The molecule has 0 spiro atoms. The number of hydrogen-bond acceptors (Lipinski definition) is 7. The van der Waals surface area contributed by atoms with E-state index in [1.807, 2.05) is 25.1 Å². The monoisotopic (exact) mass is 345 g/mol. The van der Waals surface area contributed by atoms with Gasteiger partial charge in [-0.3, -0.25) is 9.20 Å². The number of nitrogens with zero attached hydrogens (tertiary/aromatic N) is 4. The standard InChI is InChI=1S/C15H15N5OS2/c1-9-3-2-4-12-16-11(7-13(21)20(9)12)8-22-15-19-18-14(23-15)17-10-5-6-10/h2-4,7,10H,5-6,8H2,1H3,(H,17,18). The summed E-state index contributed by atoms with van der Waals surface area (Å²) in [4.78, 5) is 16.8. The van der Waals surface area contributed by atoms with Crippen LogP contribution in [0.25, 0.3) is 5.65 Å². The van der Waals surface area contributed by atoms with E-state index in [1.165, 1.54) is 12.8 Å². The third-order valence-corrected chi connectivity index (χ3v) is 5.61. The molecule has 3 heterocycles. The summed E-state index contributed by atoms with van der Waals surface area (Å²) in [6, 6.07) is 7.84. The Morgan fingerprint density at radius 1 is 1.39 bits per heavy atom. The Morgan fingerprint density at radius 3 is 3.09 bits per heavy atom. The highest BCUT2D eigenvalue weighted by atomic mass is 32.2. The molecular weight excluding hydrogens is 330 g/mol. The maximum Gasteiger partial charge on any atom is 0.258 e. The van der Waals surface area contributed by atoms with Crippen LogP contribution in [0.2, 0.25) is 0 Å². The van der Waals surface area contributed by atoms with Gasteiger partial charge in [-0.15, -0.1) is 10.2 Å². The predicted octanol–water partition coefficient (Wildman–Crippen LogP) is 2.72. The van der Waals surface area contributed by atoms with E-state index in [-0.39, 0.29) is 5.56 Å². The van der Waals surface area contributed by atoms with Crippen LogP contribution >= 0.6 is 23.1 Å². The molecule has 8 heteroatoms. The third kappa shape index (κ3) is 3.23. The first-order chi connectivity index (χ1) is 11.2. The molecule has 0 unspecified atom stereocenters. The highest BCUT2D eigenvalue weighted by molar-refractivity contribution is 8.00. The zero-order valence-electron chi connectivity index (χ0n) is 12.5. The largest absolute Gasteiger partial charge is 0.357 e. The van der Waals surface area contributed by atoms with Crippen molar-refractivity contribution in [3.05, 3.63) is 46.0 Å². The zero-order valence-corrected chi connectivity index (χ0v) is 14.2. The van der Waals surface area contributed by atoms with Gasteiger partial charge in [0.05, 0.1) is 5.69 Å². The minimum Gasteiger partial charge on any atom is -0.357 e. The first-order valence-electron chi connectivity index (χ1n) is 7.40. The maximum atomic E-state index is 12.2. The molecule has 0 saturated heterocycles. The van der Waals surface area contributed by atoms with Crippen LogP contribution in [0.15, 0.2) is 33.4 Å². The van der Waals surface area contributed by atoms with Crippen molar-refractivity contribution in [2.75, 3.05) is 5.32 Å². The van der Waals surface area contributed by atoms with E-state index in [0.29, 0.717) is 17.4 Å². The van der Waals surface area contributed by atoms with Gasteiger partial charge in [0.15, 0.2) is 4.34 Å². The van der Waals surface area contributed by atoms with E-state index in [4.69, 9.17) is 0 Å². The molecular formula is C15H15N5OS2. The quantitative estimate of drug-likeness (QED) is 0.717. The summed E-state index contributed by atoms with van der Waals surface area (Å²) in [6.07, 6.45) is 2.43. The molecule has 3 aromatic heterocycles. The molecule has 23 heavy (non-hydrogen) atoms. The number of hydrogen-bond donors (Lipinski definition) is 1. The second-order valence-corrected chi connectivity index (χ2v) is 7.73. The lowest BCUT2D eigenvalue weighted by Gasteiger charge is -2.05. The Hall–Kier alpha value is -1.93. The van der Waals surface area contributed by atoms with Gasteiger partial charge in [-0.2, -0.15) is 0 Å². The molecule has 0 radical (unpaired) electrons. The minimum atomic E-state index is -0.0444. The van der Waals surface area contributed by atoms with Gasteiger partial charge in [-0.25, -0.2) is 4.98 Å². The fourth-order valence-corrected chi connectivity index (χ4v) is 4.02. The maximum absolute atomic E-state index is 12.2. The van der Waals surface area contributed by atoms with Gasteiger partial charge in [0.1, 0.15) is 5.65 Å². The summed E-state index contributed by atoms with van der Waals surface area (Å²) in [5, 5.41) is 12.5. The molecule has 0 amide bonds. The van der Waals surface area contributed by atoms with E-state index >= 15 is 0 Å². The Labute approximate surface area is 141 Å². The van der Waals surface area contributed by atoms with Crippen LogP contribution in [0.4, 0.5) is 5.13 Å². The number of rotatable bonds is 5. The summed E-state index contributed by atoms with van der Waals surface area (Å²) in [6.45, 7) is 1.90. The molecule has 4 rings (SSSR count). The van der Waals surface area contributed by atoms with E-state index in [9.17, 15) is 4.79 Å². The molecule has 1 aliphatic carbocycles. The van der Waals surface area contributed by atoms with E-state index in [1.54, 1.807) is 33.6 Å². The minimum absolute atomic E-state index is 0.0444. The van der Waals surface area contributed by atoms with Crippen molar-refractivity contribution in [1.82, 2.24) is 19.6 Å². The molecule has 118 valence electrons. The topological polar surface area (TPSA) is 72.2 Å². The van der Waals surface area contributed by atoms with Crippen LogP contribution in [-0.2, 0) is 5.75 Å². The Balaban J connectivity index is 1.51. The average Bonchev–Trinajstić information content (AvgIpc) is 3.22. The number of fused-ring (bicyclic) bond motifs is 1. The first kappa shape index (κ1) is 14.6. The molecule has 0 aromatic carbocycles. The summed E-state index contributed by atoms with van der Waals surface area (Å²) < 4.78 is 2.51. The number of pyridine rings is 1. The Morgan fingerprint density at radius 2 is 2.26 bits per heavy atom. The number of aromatic nitrogens is 4. The number of thioether (sulfide) groups is 1. The SMILES string of the molecule is Cc1cccc2nc(CSc3nnc(NC4CC4)s3)cc(=O)n12. The van der Waals surface area contributed by atoms with Crippen molar-refractivity contribution in [2.45, 2.75) is 35.9 Å².